The molecule has 2 heteroatoms. The number of benzene rings is 6. The quantitative estimate of drug-likeness (QED) is 0.201. The predicted molar refractivity (Wildman–Crippen MR) is 189 cm³/mol. The molecule has 0 radical (unpaired) electrons. The molecule has 0 saturated carbocycles. The highest BCUT2D eigenvalue weighted by atomic mass is 15.0. The molecule has 0 aliphatic rings. The summed E-state index contributed by atoms with van der Waals surface area (Å²) >= 11 is 0. The second kappa shape index (κ2) is 9.72. The number of fused-ring (bicyclic) bond motifs is 6. The molecule has 0 fully saturated rings. The van der Waals surface area contributed by atoms with Crippen molar-refractivity contribution in [2.24, 2.45) is 0 Å². The van der Waals surface area contributed by atoms with Crippen molar-refractivity contribution >= 4 is 43.6 Å². The Bertz CT molecular complexity index is 2160. The molecule has 44 heavy (non-hydrogen) atoms. The first-order chi connectivity index (χ1) is 21.3. The van der Waals surface area contributed by atoms with Crippen LogP contribution in [0.3, 0.4) is 0 Å². The summed E-state index contributed by atoms with van der Waals surface area (Å²) in [5.74, 6) is 0. The molecule has 0 aliphatic carbocycles. The standard InChI is InChI=1S/C42H36N2/c1-25-7-15-39-35(19-25)36-20-26(2)8-16-40(36)43(39)31-11-13-33(29(5)23-31)34-14-12-32(24-30(34)6)44-41-17-9-27(3)21-37(41)38-22-28(4)10-18-42(38)44/h7-24H,1-6H3. The van der Waals surface area contributed by atoms with E-state index in [-0.39, 0.29) is 0 Å². The average Bonchev–Trinajstić information content (AvgIpc) is 3.48. The molecule has 0 aliphatic heterocycles. The summed E-state index contributed by atoms with van der Waals surface area (Å²) in [4.78, 5) is 0. The molecule has 2 heterocycles. The Morgan fingerprint density at radius 3 is 0.886 bits per heavy atom. The van der Waals surface area contributed by atoms with Crippen LogP contribution in [0.25, 0.3) is 66.1 Å². The van der Waals surface area contributed by atoms with Crippen LogP contribution in [-0.4, -0.2) is 9.13 Å². The molecule has 0 N–H and O–H groups in total. The molecule has 2 aromatic heterocycles. The normalized spacial score (nSPS) is 11.9. The number of hydrogen-bond acceptors (Lipinski definition) is 0. The minimum atomic E-state index is 1.20. The van der Waals surface area contributed by atoms with Crippen molar-refractivity contribution in [3.63, 3.8) is 0 Å². The van der Waals surface area contributed by atoms with Crippen LogP contribution in [0.4, 0.5) is 0 Å². The van der Waals surface area contributed by atoms with E-state index >= 15 is 0 Å². The number of nitrogens with zero attached hydrogens (tertiary/aromatic N) is 2. The van der Waals surface area contributed by atoms with Crippen LogP contribution in [0.5, 0.6) is 0 Å². The molecule has 8 aromatic rings. The fourth-order valence-corrected chi connectivity index (χ4v) is 7.24. The Morgan fingerprint density at radius 1 is 0.318 bits per heavy atom. The zero-order chi connectivity index (χ0) is 30.3. The summed E-state index contributed by atoms with van der Waals surface area (Å²) in [6.07, 6.45) is 0. The Kier molecular flexibility index (Phi) is 5.86. The van der Waals surface area contributed by atoms with Crippen LogP contribution in [-0.2, 0) is 0 Å². The van der Waals surface area contributed by atoms with Gasteiger partial charge in [-0.1, -0.05) is 58.7 Å². The van der Waals surface area contributed by atoms with Gasteiger partial charge in [0.05, 0.1) is 22.1 Å². The second-order valence-corrected chi connectivity index (χ2v) is 12.8. The van der Waals surface area contributed by atoms with Gasteiger partial charge in [0.1, 0.15) is 0 Å². The average molecular weight is 569 g/mol. The van der Waals surface area contributed by atoms with Gasteiger partial charge < -0.3 is 9.13 Å². The van der Waals surface area contributed by atoms with Gasteiger partial charge in [0.15, 0.2) is 0 Å². The van der Waals surface area contributed by atoms with Crippen molar-refractivity contribution in [1.82, 2.24) is 9.13 Å². The molecule has 0 amide bonds. The van der Waals surface area contributed by atoms with Crippen molar-refractivity contribution in [2.75, 3.05) is 0 Å². The maximum atomic E-state index is 2.42. The van der Waals surface area contributed by atoms with Gasteiger partial charge in [-0.15, -0.1) is 0 Å². The molecule has 2 nitrogen and oxygen atoms in total. The lowest BCUT2D eigenvalue weighted by atomic mass is 9.95. The largest absolute Gasteiger partial charge is 0.309 e. The van der Waals surface area contributed by atoms with Crippen molar-refractivity contribution in [3.8, 4) is 22.5 Å². The minimum Gasteiger partial charge on any atom is -0.309 e. The summed E-state index contributed by atoms with van der Waals surface area (Å²) < 4.78 is 4.84. The smallest absolute Gasteiger partial charge is 0.0541 e. The lowest BCUT2D eigenvalue weighted by Gasteiger charge is -2.16. The SMILES string of the molecule is Cc1ccc2c(c1)c1cc(C)ccc1n2-c1ccc(-c2ccc(-n3c4ccc(C)cc4c4cc(C)ccc43)cc2C)c(C)c1. The molecule has 0 atom stereocenters. The van der Waals surface area contributed by atoms with Crippen LogP contribution in [0.1, 0.15) is 33.4 Å². The van der Waals surface area contributed by atoms with Crippen LogP contribution in [0.15, 0.2) is 109 Å². The van der Waals surface area contributed by atoms with Gasteiger partial charge >= 0.3 is 0 Å². The third-order valence-corrected chi connectivity index (χ3v) is 9.38. The molecule has 6 aromatic carbocycles. The van der Waals surface area contributed by atoms with E-state index in [4.69, 9.17) is 0 Å². The number of aromatic nitrogens is 2. The Balaban J connectivity index is 1.25. The van der Waals surface area contributed by atoms with Crippen molar-refractivity contribution < 1.29 is 0 Å². The zero-order valence-corrected chi connectivity index (χ0v) is 26.3. The van der Waals surface area contributed by atoms with Crippen molar-refractivity contribution in [3.05, 3.63) is 143 Å². The Morgan fingerprint density at radius 2 is 0.614 bits per heavy atom. The molecule has 0 unspecified atom stereocenters. The summed E-state index contributed by atoms with van der Waals surface area (Å²) in [5, 5.41) is 5.25. The Hall–Kier alpha value is -5.08. The third kappa shape index (κ3) is 4.02. The van der Waals surface area contributed by atoms with Crippen LogP contribution in [0, 0.1) is 41.5 Å². The first-order valence-electron chi connectivity index (χ1n) is 15.5. The monoisotopic (exact) mass is 568 g/mol. The Labute approximate surface area is 258 Å². The minimum absolute atomic E-state index is 1.20. The predicted octanol–water partition coefficient (Wildman–Crippen LogP) is 11.4. The topological polar surface area (TPSA) is 9.86 Å². The van der Waals surface area contributed by atoms with E-state index in [9.17, 15) is 0 Å². The van der Waals surface area contributed by atoms with E-state index in [0.29, 0.717) is 0 Å². The highest BCUT2D eigenvalue weighted by molar-refractivity contribution is 6.10. The van der Waals surface area contributed by atoms with Crippen LogP contribution in [0.2, 0.25) is 0 Å². The molecule has 0 bridgehead atoms. The first kappa shape index (κ1) is 26.5. The van der Waals surface area contributed by atoms with E-state index in [1.807, 2.05) is 0 Å². The molecular formula is C42H36N2. The summed E-state index contributed by atoms with van der Waals surface area (Å²) in [6.45, 7) is 13.2. The van der Waals surface area contributed by atoms with Gasteiger partial charge in [0.2, 0.25) is 0 Å². The van der Waals surface area contributed by atoms with Crippen LogP contribution >= 0.6 is 0 Å². The van der Waals surface area contributed by atoms with Gasteiger partial charge in [-0.05, 0) is 137 Å². The van der Waals surface area contributed by atoms with E-state index in [1.165, 1.54) is 99.5 Å². The maximum absolute atomic E-state index is 2.42. The van der Waals surface area contributed by atoms with Crippen molar-refractivity contribution in [2.45, 2.75) is 41.5 Å². The number of hydrogen-bond donors (Lipinski definition) is 0. The van der Waals surface area contributed by atoms with Gasteiger partial charge in [-0.3, -0.25) is 0 Å². The molecule has 0 saturated heterocycles. The molecule has 214 valence electrons. The molecule has 0 spiro atoms. The molecular weight excluding hydrogens is 532 g/mol. The van der Waals surface area contributed by atoms with Crippen molar-refractivity contribution in [1.29, 1.82) is 0 Å². The maximum Gasteiger partial charge on any atom is 0.0541 e. The summed E-state index contributed by atoms with van der Waals surface area (Å²) in [6, 6.07) is 41.1. The summed E-state index contributed by atoms with van der Waals surface area (Å²) in [7, 11) is 0. The van der Waals surface area contributed by atoms with E-state index in [1.54, 1.807) is 0 Å². The lowest BCUT2D eigenvalue weighted by Crippen LogP contribution is -1.98. The van der Waals surface area contributed by atoms with Gasteiger partial charge in [-0.2, -0.15) is 0 Å². The van der Waals surface area contributed by atoms with Gasteiger partial charge in [0.25, 0.3) is 0 Å². The fourth-order valence-electron chi connectivity index (χ4n) is 7.24. The van der Waals surface area contributed by atoms with Gasteiger partial charge in [0, 0.05) is 32.9 Å². The second-order valence-electron chi connectivity index (χ2n) is 12.8. The van der Waals surface area contributed by atoms with E-state index in [0.717, 1.165) is 0 Å². The van der Waals surface area contributed by atoms with Crippen LogP contribution < -0.4 is 0 Å². The number of rotatable bonds is 3. The summed E-state index contributed by atoms with van der Waals surface area (Å²) in [5.41, 5.74) is 17.6. The fraction of sp³-hybridized carbons (Fsp3) is 0.143. The highest BCUT2D eigenvalue weighted by Crippen LogP contribution is 2.37. The van der Waals surface area contributed by atoms with E-state index in [2.05, 4.69) is 160 Å². The number of aryl methyl sites for hydroxylation is 6. The third-order valence-electron chi connectivity index (χ3n) is 9.38. The highest BCUT2D eigenvalue weighted by Gasteiger charge is 2.16. The first-order valence-corrected chi connectivity index (χ1v) is 15.5. The van der Waals surface area contributed by atoms with E-state index < -0.39 is 0 Å². The zero-order valence-electron chi connectivity index (χ0n) is 26.3. The van der Waals surface area contributed by atoms with Gasteiger partial charge in [-0.25, -0.2) is 0 Å². The molecule has 8 rings (SSSR count). The lowest BCUT2D eigenvalue weighted by molar-refractivity contribution is 1.16.